The number of ether oxygens (including phenoxy) is 1. The molecule has 0 spiro atoms. The van der Waals surface area contributed by atoms with Crippen LogP contribution in [-0.4, -0.2) is 43.2 Å². The van der Waals surface area contributed by atoms with Crippen LogP contribution < -0.4 is 5.73 Å². The van der Waals surface area contributed by atoms with E-state index in [1.165, 1.54) is 6.42 Å². The average molecular weight is 212 g/mol. The Bertz CT molecular complexity index is 245. The van der Waals surface area contributed by atoms with Crippen LogP contribution in [0.3, 0.4) is 0 Å². The largest absolute Gasteiger partial charge is 0.376 e. The summed E-state index contributed by atoms with van der Waals surface area (Å²) >= 11 is 0. The van der Waals surface area contributed by atoms with E-state index in [1.807, 2.05) is 4.90 Å². The van der Waals surface area contributed by atoms with Crippen molar-refractivity contribution in [3.8, 4) is 0 Å². The number of rotatable bonds is 4. The molecule has 1 unspecified atom stereocenters. The zero-order valence-corrected chi connectivity index (χ0v) is 9.37. The molecule has 1 atom stereocenters. The third-order valence-electron chi connectivity index (χ3n) is 3.80. The highest BCUT2D eigenvalue weighted by Gasteiger charge is 2.41. The van der Waals surface area contributed by atoms with Crippen LogP contribution in [-0.2, 0) is 9.53 Å². The first kappa shape index (κ1) is 10.9. The summed E-state index contributed by atoms with van der Waals surface area (Å²) in [5.41, 5.74) is 5.55. The van der Waals surface area contributed by atoms with Crippen LogP contribution in [0.5, 0.6) is 0 Å². The minimum absolute atomic E-state index is 0.0425. The monoisotopic (exact) mass is 212 g/mol. The summed E-state index contributed by atoms with van der Waals surface area (Å²) < 4.78 is 5.53. The molecule has 0 aromatic rings. The molecule has 15 heavy (non-hydrogen) atoms. The highest BCUT2D eigenvalue weighted by Crippen LogP contribution is 2.36. The van der Waals surface area contributed by atoms with Gasteiger partial charge in [-0.2, -0.15) is 0 Å². The van der Waals surface area contributed by atoms with Crippen molar-refractivity contribution in [2.45, 2.75) is 31.3 Å². The van der Waals surface area contributed by atoms with Crippen LogP contribution in [0.2, 0.25) is 0 Å². The van der Waals surface area contributed by atoms with Gasteiger partial charge >= 0.3 is 0 Å². The lowest BCUT2D eigenvalue weighted by Crippen LogP contribution is -2.50. The Balaban J connectivity index is 1.91. The zero-order chi connectivity index (χ0) is 10.9. The van der Waals surface area contributed by atoms with E-state index in [4.69, 9.17) is 10.5 Å². The lowest BCUT2D eigenvalue weighted by molar-refractivity contribution is -0.136. The minimum atomic E-state index is -0.0425. The topological polar surface area (TPSA) is 55.6 Å². The Morgan fingerprint density at radius 1 is 1.60 bits per heavy atom. The lowest BCUT2D eigenvalue weighted by atomic mass is 9.79. The van der Waals surface area contributed by atoms with Crippen molar-refractivity contribution >= 4 is 5.91 Å². The Hall–Kier alpha value is -0.610. The van der Waals surface area contributed by atoms with E-state index in [1.54, 1.807) is 7.11 Å². The van der Waals surface area contributed by atoms with Gasteiger partial charge in [0.25, 0.3) is 0 Å². The van der Waals surface area contributed by atoms with Crippen LogP contribution in [0, 0.1) is 5.92 Å². The fourth-order valence-electron chi connectivity index (χ4n) is 2.51. The number of carbonyl (C=O) groups is 1. The molecule has 0 bridgehead atoms. The van der Waals surface area contributed by atoms with E-state index in [0.29, 0.717) is 18.9 Å². The van der Waals surface area contributed by atoms with Crippen LogP contribution in [0.25, 0.3) is 0 Å². The van der Waals surface area contributed by atoms with E-state index in [2.05, 4.69) is 0 Å². The second-order valence-electron chi connectivity index (χ2n) is 4.82. The Labute approximate surface area is 90.8 Å². The number of methoxy groups -OCH3 is 1. The predicted octanol–water partition coefficient (Wildman–Crippen LogP) is 0.363. The summed E-state index contributed by atoms with van der Waals surface area (Å²) in [5.74, 6) is 0.597. The van der Waals surface area contributed by atoms with Gasteiger partial charge in [0.2, 0.25) is 5.91 Å². The Morgan fingerprint density at radius 3 is 2.73 bits per heavy atom. The number of hydrogen-bond acceptors (Lipinski definition) is 3. The summed E-state index contributed by atoms with van der Waals surface area (Å²) in [4.78, 5) is 13.6. The number of nitrogens with two attached hydrogens (primary N) is 1. The van der Waals surface area contributed by atoms with E-state index in [-0.39, 0.29) is 11.5 Å². The van der Waals surface area contributed by atoms with Crippen LogP contribution in [0.4, 0.5) is 0 Å². The normalized spacial score (nSPS) is 29.3. The van der Waals surface area contributed by atoms with E-state index in [0.717, 1.165) is 25.9 Å². The fourth-order valence-corrected chi connectivity index (χ4v) is 2.51. The first-order valence-corrected chi connectivity index (χ1v) is 5.72. The second-order valence-corrected chi connectivity index (χ2v) is 4.82. The maximum atomic E-state index is 11.7. The minimum Gasteiger partial charge on any atom is -0.376 e. The van der Waals surface area contributed by atoms with Crippen molar-refractivity contribution < 1.29 is 9.53 Å². The summed E-state index contributed by atoms with van der Waals surface area (Å²) in [6.07, 6.45) is 4.01. The van der Waals surface area contributed by atoms with Crippen LogP contribution in [0.15, 0.2) is 0 Å². The third kappa shape index (κ3) is 2.01. The van der Waals surface area contributed by atoms with Gasteiger partial charge in [-0.3, -0.25) is 4.79 Å². The molecular formula is C11H20N2O2. The van der Waals surface area contributed by atoms with Crippen molar-refractivity contribution in [2.24, 2.45) is 11.7 Å². The van der Waals surface area contributed by atoms with E-state index < -0.39 is 0 Å². The number of amides is 1. The summed E-state index contributed by atoms with van der Waals surface area (Å²) in [5, 5.41) is 0. The molecule has 2 aliphatic rings. The Morgan fingerprint density at radius 2 is 2.33 bits per heavy atom. The van der Waals surface area contributed by atoms with Gasteiger partial charge in [0.1, 0.15) is 0 Å². The molecule has 2 N–H and O–H groups in total. The average Bonchev–Trinajstić information content (AvgIpc) is 2.53. The number of carbonyl (C=O) groups excluding carboxylic acids is 1. The van der Waals surface area contributed by atoms with Gasteiger partial charge in [-0.1, -0.05) is 0 Å². The number of hydrogen-bond donors (Lipinski definition) is 1. The molecule has 1 heterocycles. The first-order valence-electron chi connectivity index (χ1n) is 5.72. The molecular weight excluding hydrogens is 192 g/mol. The lowest BCUT2D eigenvalue weighted by Gasteiger charge is -2.43. The molecule has 0 aromatic carbocycles. The number of nitrogens with zero attached hydrogens (tertiary/aromatic N) is 1. The molecule has 1 aliphatic heterocycles. The molecule has 4 heteroatoms. The molecule has 4 nitrogen and oxygen atoms in total. The summed E-state index contributed by atoms with van der Waals surface area (Å²) in [6, 6.07) is 0. The van der Waals surface area contributed by atoms with E-state index >= 15 is 0 Å². The van der Waals surface area contributed by atoms with Gasteiger partial charge in [-0.25, -0.2) is 0 Å². The Kier molecular flexibility index (Phi) is 2.98. The van der Waals surface area contributed by atoms with Crippen molar-refractivity contribution in [1.29, 1.82) is 0 Å². The fraction of sp³-hybridized carbons (Fsp3) is 0.909. The van der Waals surface area contributed by atoms with Gasteiger partial charge in [0.15, 0.2) is 0 Å². The van der Waals surface area contributed by atoms with Gasteiger partial charge in [0, 0.05) is 26.6 Å². The third-order valence-corrected chi connectivity index (χ3v) is 3.80. The maximum absolute atomic E-state index is 11.7. The summed E-state index contributed by atoms with van der Waals surface area (Å²) in [6.45, 7) is 2.20. The van der Waals surface area contributed by atoms with Gasteiger partial charge in [-0.05, 0) is 31.7 Å². The molecule has 1 aliphatic carbocycles. The number of likely N-dealkylation sites (tertiary alicyclic amines) is 1. The summed E-state index contributed by atoms with van der Waals surface area (Å²) in [7, 11) is 1.75. The van der Waals surface area contributed by atoms with Crippen LogP contribution in [0.1, 0.15) is 25.7 Å². The molecule has 1 amide bonds. The van der Waals surface area contributed by atoms with Gasteiger partial charge in [-0.15, -0.1) is 0 Å². The van der Waals surface area contributed by atoms with Gasteiger partial charge < -0.3 is 15.4 Å². The van der Waals surface area contributed by atoms with Crippen LogP contribution >= 0.6 is 0 Å². The smallest absolute Gasteiger partial charge is 0.223 e. The molecule has 0 aromatic heterocycles. The molecule has 1 saturated carbocycles. The van der Waals surface area contributed by atoms with Crippen molar-refractivity contribution in [3.05, 3.63) is 0 Å². The van der Waals surface area contributed by atoms with E-state index in [9.17, 15) is 4.79 Å². The molecule has 0 radical (unpaired) electrons. The highest BCUT2D eigenvalue weighted by molar-refractivity contribution is 5.78. The molecule has 2 rings (SSSR count). The van der Waals surface area contributed by atoms with Crippen molar-refractivity contribution in [2.75, 3.05) is 26.7 Å². The van der Waals surface area contributed by atoms with Gasteiger partial charge in [0.05, 0.1) is 5.60 Å². The molecule has 86 valence electrons. The molecule has 2 fully saturated rings. The first-order chi connectivity index (χ1) is 7.19. The predicted molar refractivity (Wildman–Crippen MR) is 57.3 cm³/mol. The maximum Gasteiger partial charge on any atom is 0.223 e. The SMILES string of the molecule is COC1(CN2CC(CN)CC2=O)CCC1. The standard InChI is InChI=1S/C11H20N2O2/c1-15-11(3-2-4-11)8-13-7-9(6-12)5-10(13)14/h9H,2-8,12H2,1H3. The van der Waals surface area contributed by atoms with Crippen molar-refractivity contribution in [3.63, 3.8) is 0 Å². The zero-order valence-electron chi connectivity index (χ0n) is 9.37. The quantitative estimate of drug-likeness (QED) is 0.732. The molecule has 1 saturated heterocycles. The second kappa shape index (κ2) is 4.10. The highest BCUT2D eigenvalue weighted by atomic mass is 16.5. The van der Waals surface area contributed by atoms with Crippen molar-refractivity contribution in [1.82, 2.24) is 4.90 Å².